The Morgan fingerprint density at radius 3 is 2.40 bits per heavy atom. The van der Waals surface area contributed by atoms with Gasteiger partial charge in [-0.1, -0.05) is 6.07 Å². The van der Waals surface area contributed by atoms with Crippen molar-refractivity contribution in [2.75, 3.05) is 0 Å². The zero-order valence-corrected chi connectivity index (χ0v) is 16.2. The number of aromatic nitrogens is 4. The zero-order chi connectivity index (χ0) is 21.5. The molecule has 9 nitrogen and oxygen atoms in total. The van der Waals surface area contributed by atoms with Crippen molar-refractivity contribution in [3.05, 3.63) is 72.4 Å². The molecular formula is C21H18N4O5. The zero-order valence-electron chi connectivity index (χ0n) is 16.2. The number of aryl methyl sites for hydroxylation is 1. The van der Waals surface area contributed by atoms with Crippen LogP contribution >= 0.6 is 0 Å². The molecule has 2 N–H and O–H groups in total. The van der Waals surface area contributed by atoms with E-state index in [9.17, 15) is 4.79 Å². The topological polar surface area (TPSA) is 131 Å². The second-order valence-corrected chi connectivity index (χ2v) is 6.08. The molecule has 2 aromatic carbocycles. The van der Waals surface area contributed by atoms with Crippen LogP contribution in [0.5, 0.6) is 5.75 Å². The van der Waals surface area contributed by atoms with Gasteiger partial charge in [0, 0.05) is 37.4 Å². The molecule has 0 saturated heterocycles. The highest BCUT2D eigenvalue weighted by atomic mass is 16.5. The van der Waals surface area contributed by atoms with Crippen LogP contribution in [0.4, 0.5) is 0 Å². The molecule has 4 rings (SSSR count). The second-order valence-electron chi connectivity index (χ2n) is 6.08. The van der Waals surface area contributed by atoms with Crippen LogP contribution in [0.1, 0.15) is 23.2 Å². The quantitative estimate of drug-likeness (QED) is 0.387. The van der Waals surface area contributed by atoms with E-state index in [1.54, 1.807) is 55.7 Å². The summed E-state index contributed by atoms with van der Waals surface area (Å²) in [5, 5.41) is 15.2. The van der Waals surface area contributed by atoms with E-state index in [4.69, 9.17) is 19.1 Å². The van der Waals surface area contributed by atoms with E-state index >= 15 is 0 Å². The molecule has 0 aliphatic heterocycles. The van der Waals surface area contributed by atoms with Gasteiger partial charge in [0.2, 0.25) is 11.8 Å². The van der Waals surface area contributed by atoms with Crippen molar-refractivity contribution in [1.29, 1.82) is 0 Å². The number of aliphatic carboxylic acids is 1. The maximum Gasteiger partial charge on any atom is 0.343 e. The van der Waals surface area contributed by atoms with Crippen molar-refractivity contribution >= 4 is 11.9 Å². The molecule has 0 atom stereocenters. The predicted octanol–water partition coefficient (Wildman–Crippen LogP) is 3.75. The summed E-state index contributed by atoms with van der Waals surface area (Å²) in [5.41, 5.74) is 1.96. The lowest BCUT2D eigenvalue weighted by molar-refractivity contribution is -0.134. The van der Waals surface area contributed by atoms with Crippen LogP contribution in [0, 0.1) is 6.92 Å². The number of hydrogen-bond donors (Lipinski definition) is 2. The fraction of sp³-hybridized carbons (Fsp3) is 0.0952. The van der Waals surface area contributed by atoms with Gasteiger partial charge in [-0.2, -0.15) is 0 Å². The van der Waals surface area contributed by atoms with Gasteiger partial charge in [-0.25, -0.2) is 9.78 Å². The van der Waals surface area contributed by atoms with Gasteiger partial charge in [0.25, 0.3) is 5.97 Å². The standard InChI is InChI=1S/C19H14N4O3.C2H4O2/c1-12-22-23-18(25-12)14-3-2-4-15(11-14)19(24)26-16-7-5-13(6-8-16)17-20-9-10-21-17;1-2(3)4/h2-11H,1H3,(H,20,21);1H3,(H,3,4). The van der Waals surface area contributed by atoms with Crippen LogP contribution in [0.3, 0.4) is 0 Å². The van der Waals surface area contributed by atoms with Crippen molar-refractivity contribution in [1.82, 2.24) is 20.2 Å². The van der Waals surface area contributed by atoms with Crippen molar-refractivity contribution in [2.24, 2.45) is 0 Å². The maximum absolute atomic E-state index is 12.4. The number of carboxylic acid groups (broad SMARTS) is 1. The molecule has 2 aromatic heterocycles. The third-order valence-corrected chi connectivity index (χ3v) is 3.71. The van der Waals surface area contributed by atoms with Gasteiger partial charge in [0.05, 0.1) is 5.56 Å². The highest BCUT2D eigenvalue weighted by Crippen LogP contribution is 2.22. The first kappa shape index (κ1) is 20.5. The molecule has 0 fully saturated rings. The Bertz CT molecular complexity index is 1130. The van der Waals surface area contributed by atoms with Crippen molar-refractivity contribution < 1.29 is 23.8 Å². The number of carbonyl (C=O) groups is 2. The molecule has 0 aliphatic rings. The average molecular weight is 406 g/mol. The van der Waals surface area contributed by atoms with Crippen LogP contribution in [0.15, 0.2) is 65.3 Å². The molecule has 0 saturated carbocycles. The first-order valence-electron chi connectivity index (χ1n) is 8.84. The van der Waals surface area contributed by atoms with E-state index in [-0.39, 0.29) is 0 Å². The fourth-order valence-electron chi connectivity index (χ4n) is 2.46. The number of nitrogens with one attached hydrogen (secondary N) is 1. The van der Waals surface area contributed by atoms with Gasteiger partial charge in [0.1, 0.15) is 11.6 Å². The first-order valence-corrected chi connectivity index (χ1v) is 8.84. The number of H-pyrrole nitrogens is 1. The Balaban J connectivity index is 0.000000589. The van der Waals surface area contributed by atoms with Gasteiger partial charge >= 0.3 is 5.97 Å². The molecule has 4 aromatic rings. The Labute approximate surface area is 171 Å². The summed E-state index contributed by atoms with van der Waals surface area (Å²) in [4.78, 5) is 28.6. The van der Waals surface area contributed by atoms with E-state index in [2.05, 4.69) is 20.2 Å². The molecule has 0 spiro atoms. The van der Waals surface area contributed by atoms with Gasteiger partial charge < -0.3 is 19.2 Å². The molecule has 9 heteroatoms. The minimum absolute atomic E-state index is 0.361. The lowest BCUT2D eigenvalue weighted by Gasteiger charge is -2.06. The highest BCUT2D eigenvalue weighted by Gasteiger charge is 2.13. The Morgan fingerprint density at radius 1 is 1.07 bits per heavy atom. The largest absolute Gasteiger partial charge is 0.481 e. The lowest BCUT2D eigenvalue weighted by atomic mass is 10.1. The smallest absolute Gasteiger partial charge is 0.343 e. The van der Waals surface area contributed by atoms with Crippen LogP contribution < -0.4 is 4.74 Å². The molecule has 0 radical (unpaired) electrons. The molecule has 152 valence electrons. The minimum atomic E-state index is -0.833. The van der Waals surface area contributed by atoms with Gasteiger partial charge in [-0.15, -0.1) is 10.2 Å². The number of benzene rings is 2. The number of carbonyl (C=O) groups excluding carboxylic acids is 1. The first-order chi connectivity index (χ1) is 14.4. The molecule has 0 unspecified atom stereocenters. The molecule has 30 heavy (non-hydrogen) atoms. The third kappa shape index (κ3) is 5.38. The second kappa shape index (κ2) is 9.28. The van der Waals surface area contributed by atoms with Crippen molar-refractivity contribution in [2.45, 2.75) is 13.8 Å². The van der Waals surface area contributed by atoms with Crippen LogP contribution in [-0.2, 0) is 4.79 Å². The van der Waals surface area contributed by atoms with Crippen molar-refractivity contribution in [3.8, 4) is 28.6 Å². The Morgan fingerprint density at radius 2 is 1.80 bits per heavy atom. The summed E-state index contributed by atoms with van der Waals surface area (Å²) in [6, 6.07) is 14.0. The van der Waals surface area contributed by atoms with Gasteiger partial charge in [-0.3, -0.25) is 4.79 Å². The van der Waals surface area contributed by atoms with Crippen LogP contribution in [0.2, 0.25) is 0 Å². The highest BCUT2D eigenvalue weighted by molar-refractivity contribution is 5.92. The third-order valence-electron chi connectivity index (χ3n) is 3.71. The van der Waals surface area contributed by atoms with Crippen LogP contribution in [0.25, 0.3) is 22.8 Å². The summed E-state index contributed by atoms with van der Waals surface area (Å²) in [5.74, 6) is 0.730. The van der Waals surface area contributed by atoms with E-state index in [1.165, 1.54) is 0 Å². The summed E-state index contributed by atoms with van der Waals surface area (Å²) in [6.45, 7) is 2.79. The molecule has 2 heterocycles. The molecule has 0 bridgehead atoms. The Kier molecular flexibility index (Phi) is 6.33. The van der Waals surface area contributed by atoms with Gasteiger partial charge in [-0.05, 0) is 42.5 Å². The number of aromatic amines is 1. The number of hydrogen-bond acceptors (Lipinski definition) is 7. The summed E-state index contributed by atoms with van der Waals surface area (Å²) >= 11 is 0. The van der Waals surface area contributed by atoms with E-state index < -0.39 is 11.9 Å². The number of carboxylic acids is 1. The van der Waals surface area contributed by atoms with Crippen LogP contribution in [-0.4, -0.2) is 37.2 Å². The van der Waals surface area contributed by atoms with E-state index in [0.29, 0.717) is 28.7 Å². The molecular weight excluding hydrogens is 388 g/mol. The maximum atomic E-state index is 12.4. The molecule has 0 amide bonds. The summed E-state index contributed by atoms with van der Waals surface area (Å²) < 4.78 is 10.8. The number of nitrogens with zero attached hydrogens (tertiary/aromatic N) is 3. The Hall–Kier alpha value is -4.27. The number of ether oxygens (including phenoxy) is 1. The van der Waals surface area contributed by atoms with Crippen molar-refractivity contribution in [3.63, 3.8) is 0 Å². The monoisotopic (exact) mass is 406 g/mol. The lowest BCUT2D eigenvalue weighted by Crippen LogP contribution is -2.08. The summed E-state index contributed by atoms with van der Waals surface area (Å²) in [6.07, 6.45) is 3.43. The minimum Gasteiger partial charge on any atom is -0.481 e. The summed E-state index contributed by atoms with van der Waals surface area (Å²) in [7, 11) is 0. The number of rotatable bonds is 4. The van der Waals surface area contributed by atoms with E-state index in [0.717, 1.165) is 18.3 Å². The normalized spacial score (nSPS) is 10.1. The van der Waals surface area contributed by atoms with Gasteiger partial charge in [0.15, 0.2) is 0 Å². The number of esters is 1. The predicted molar refractivity (Wildman–Crippen MR) is 107 cm³/mol. The fourth-order valence-corrected chi connectivity index (χ4v) is 2.46. The molecule has 0 aliphatic carbocycles. The average Bonchev–Trinajstić information content (AvgIpc) is 3.40. The number of imidazole rings is 1. The van der Waals surface area contributed by atoms with E-state index in [1.807, 2.05) is 12.1 Å². The SMILES string of the molecule is CC(=O)O.Cc1nnc(-c2cccc(C(=O)Oc3ccc(-c4ncc[nH]4)cc3)c2)o1.